The Morgan fingerprint density at radius 3 is 2.46 bits per heavy atom. The summed E-state index contributed by atoms with van der Waals surface area (Å²) in [5, 5.41) is 9.37. The lowest BCUT2D eigenvalue weighted by Crippen LogP contribution is -2.41. The first kappa shape index (κ1) is 19.6. The van der Waals surface area contributed by atoms with Gasteiger partial charge in [-0.3, -0.25) is 14.6 Å². The smallest absolute Gasteiger partial charge is 0.417 e. The van der Waals surface area contributed by atoms with Crippen LogP contribution in [0.15, 0.2) is 41.3 Å². The molecule has 0 saturated carbocycles. The van der Waals surface area contributed by atoms with E-state index in [1.807, 2.05) is 6.07 Å². The van der Waals surface area contributed by atoms with Crippen LogP contribution < -0.4 is 0 Å². The van der Waals surface area contributed by atoms with Crippen molar-refractivity contribution in [2.45, 2.75) is 24.9 Å². The Morgan fingerprint density at radius 2 is 1.96 bits per heavy atom. The molecule has 0 aromatic carbocycles. The van der Waals surface area contributed by atoms with Crippen LogP contribution in [0.5, 0.6) is 0 Å². The highest BCUT2D eigenvalue weighted by Gasteiger charge is 2.35. The van der Waals surface area contributed by atoms with Crippen LogP contribution in [0.3, 0.4) is 0 Å². The first-order valence-electron chi connectivity index (χ1n) is 8.59. The van der Waals surface area contributed by atoms with Gasteiger partial charge in [-0.1, -0.05) is 0 Å². The van der Waals surface area contributed by atoms with Crippen molar-refractivity contribution in [3.05, 3.63) is 53.7 Å². The molecule has 0 spiro atoms. The number of Topliss-reactive ketones (excluding diaryl/α,β-unsaturated/α-hetero) is 1. The maximum atomic E-state index is 12.7. The third kappa shape index (κ3) is 4.06. The molecule has 0 aliphatic carbocycles. The second-order valence-electron chi connectivity index (χ2n) is 6.51. The number of pyridine rings is 1. The fraction of sp³-hybridized carbons (Fsp3) is 0.368. The lowest BCUT2D eigenvalue weighted by Gasteiger charge is -2.31. The van der Waals surface area contributed by atoms with Gasteiger partial charge in [0.25, 0.3) is 5.91 Å². The SMILES string of the molecule is N#CC(C(=O)C1CCN(C(=O)c2ccoc2)CC1)c1ccc(C(F)(F)F)cn1. The molecular formula is C19H16F3N3O3. The molecule has 3 heterocycles. The number of rotatable bonds is 4. The van der Waals surface area contributed by atoms with Crippen molar-refractivity contribution in [2.24, 2.45) is 5.92 Å². The quantitative estimate of drug-likeness (QED) is 0.797. The minimum absolute atomic E-state index is 0.00240. The van der Waals surface area contributed by atoms with Crippen molar-refractivity contribution in [3.63, 3.8) is 0 Å². The summed E-state index contributed by atoms with van der Waals surface area (Å²) in [6, 6.07) is 5.27. The van der Waals surface area contributed by atoms with Gasteiger partial charge in [-0.25, -0.2) is 0 Å². The van der Waals surface area contributed by atoms with E-state index in [-0.39, 0.29) is 17.4 Å². The van der Waals surface area contributed by atoms with Gasteiger partial charge >= 0.3 is 6.18 Å². The summed E-state index contributed by atoms with van der Waals surface area (Å²) >= 11 is 0. The molecule has 1 aliphatic rings. The van der Waals surface area contributed by atoms with Crippen LogP contribution in [0, 0.1) is 17.2 Å². The van der Waals surface area contributed by atoms with E-state index in [4.69, 9.17) is 4.42 Å². The Kier molecular flexibility index (Phi) is 5.49. The largest absolute Gasteiger partial charge is 0.472 e. The van der Waals surface area contributed by atoms with Crippen molar-refractivity contribution in [3.8, 4) is 6.07 Å². The second-order valence-corrected chi connectivity index (χ2v) is 6.51. The maximum Gasteiger partial charge on any atom is 0.417 e. The minimum atomic E-state index is -4.54. The van der Waals surface area contributed by atoms with Crippen molar-refractivity contribution < 1.29 is 27.2 Å². The van der Waals surface area contributed by atoms with Crippen LogP contribution in [-0.2, 0) is 11.0 Å². The first-order valence-corrected chi connectivity index (χ1v) is 8.59. The molecule has 1 aliphatic heterocycles. The van der Waals surface area contributed by atoms with Gasteiger partial charge in [-0.05, 0) is 31.0 Å². The minimum Gasteiger partial charge on any atom is -0.472 e. The monoisotopic (exact) mass is 391 g/mol. The number of amides is 1. The molecule has 3 rings (SSSR count). The van der Waals surface area contributed by atoms with Crippen molar-refractivity contribution in [1.29, 1.82) is 5.26 Å². The fourth-order valence-electron chi connectivity index (χ4n) is 3.19. The van der Waals surface area contributed by atoms with Crippen LogP contribution in [0.1, 0.15) is 40.4 Å². The highest BCUT2D eigenvalue weighted by Crippen LogP contribution is 2.30. The lowest BCUT2D eigenvalue weighted by molar-refractivity contribution is -0.137. The highest BCUT2D eigenvalue weighted by atomic mass is 19.4. The predicted molar refractivity (Wildman–Crippen MR) is 89.9 cm³/mol. The third-order valence-electron chi connectivity index (χ3n) is 4.78. The third-order valence-corrected chi connectivity index (χ3v) is 4.78. The lowest BCUT2D eigenvalue weighted by atomic mass is 9.84. The number of ketones is 1. The molecule has 1 unspecified atom stereocenters. The number of hydrogen-bond acceptors (Lipinski definition) is 5. The van der Waals surface area contributed by atoms with Gasteiger partial charge in [0.2, 0.25) is 0 Å². The summed E-state index contributed by atoms with van der Waals surface area (Å²) in [5.74, 6) is -2.27. The zero-order valence-corrected chi connectivity index (χ0v) is 14.6. The average molecular weight is 391 g/mol. The van der Waals surface area contributed by atoms with E-state index in [9.17, 15) is 28.0 Å². The summed E-state index contributed by atoms with van der Waals surface area (Å²) < 4.78 is 42.8. The van der Waals surface area contributed by atoms with Gasteiger partial charge in [-0.15, -0.1) is 0 Å². The van der Waals surface area contributed by atoms with E-state index >= 15 is 0 Å². The van der Waals surface area contributed by atoms with Gasteiger partial charge in [0.15, 0.2) is 5.78 Å². The number of piperidine rings is 1. The Bertz CT molecular complexity index is 878. The van der Waals surface area contributed by atoms with Crippen LogP contribution in [0.2, 0.25) is 0 Å². The van der Waals surface area contributed by atoms with Gasteiger partial charge < -0.3 is 9.32 Å². The Labute approximate surface area is 158 Å². The molecule has 1 fully saturated rings. The maximum absolute atomic E-state index is 12.7. The number of aromatic nitrogens is 1. The number of halogens is 3. The molecule has 2 aromatic rings. The second kappa shape index (κ2) is 7.84. The van der Waals surface area contributed by atoms with Crippen LogP contribution in [0.4, 0.5) is 13.2 Å². The fourth-order valence-corrected chi connectivity index (χ4v) is 3.19. The molecule has 0 bridgehead atoms. The van der Waals surface area contributed by atoms with Gasteiger partial charge in [0.05, 0.1) is 29.2 Å². The number of likely N-dealkylation sites (tertiary alicyclic amines) is 1. The number of alkyl halides is 3. The van der Waals surface area contributed by atoms with Gasteiger partial charge in [0.1, 0.15) is 12.2 Å². The van der Waals surface area contributed by atoms with Gasteiger partial charge in [0, 0.05) is 25.2 Å². The average Bonchev–Trinajstić information content (AvgIpc) is 3.22. The van der Waals surface area contributed by atoms with E-state index in [0.717, 1.165) is 12.1 Å². The van der Waals surface area contributed by atoms with E-state index in [1.165, 1.54) is 12.5 Å². The molecule has 1 amide bonds. The summed E-state index contributed by atoms with van der Waals surface area (Å²) in [4.78, 5) is 30.3. The van der Waals surface area contributed by atoms with Gasteiger partial charge in [-0.2, -0.15) is 18.4 Å². The number of nitriles is 1. The van der Waals surface area contributed by atoms with Crippen LogP contribution in [0.25, 0.3) is 0 Å². The first-order chi connectivity index (χ1) is 13.3. The van der Waals surface area contributed by atoms with Crippen molar-refractivity contribution in [1.82, 2.24) is 9.88 Å². The highest BCUT2D eigenvalue weighted by molar-refractivity contribution is 5.94. The molecule has 0 radical (unpaired) electrons. The zero-order chi connectivity index (χ0) is 20.3. The molecule has 28 heavy (non-hydrogen) atoms. The molecule has 0 N–H and O–H groups in total. The number of hydrogen-bond donors (Lipinski definition) is 0. The van der Waals surface area contributed by atoms with Crippen LogP contribution >= 0.6 is 0 Å². The molecule has 1 saturated heterocycles. The Balaban J connectivity index is 1.65. The summed E-state index contributed by atoms with van der Waals surface area (Å²) in [6.45, 7) is 0.692. The van der Waals surface area contributed by atoms with Crippen LogP contribution in [-0.4, -0.2) is 34.7 Å². The summed E-state index contributed by atoms with van der Waals surface area (Å²) in [6.07, 6.45) is -0.409. The molecule has 1 atom stereocenters. The predicted octanol–water partition coefficient (Wildman–Crippen LogP) is 3.42. The van der Waals surface area contributed by atoms with Crippen molar-refractivity contribution in [2.75, 3.05) is 13.1 Å². The molecule has 2 aromatic heterocycles. The number of nitrogens with zero attached hydrogens (tertiary/aromatic N) is 3. The number of carbonyl (C=O) groups is 2. The molecule has 146 valence electrons. The van der Waals surface area contributed by atoms with Crippen molar-refractivity contribution >= 4 is 11.7 Å². The molecule has 6 nitrogen and oxygen atoms in total. The topological polar surface area (TPSA) is 87.2 Å². The summed E-state index contributed by atoms with van der Waals surface area (Å²) in [5.41, 5.74) is -0.516. The van der Waals surface area contributed by atoms with E-state index in [1.54, 1.807) is 11.0 Å². The Hall–Kier alpha value is -3.15. The molecule has 9 heteroatoms. The Morgan fingerprint density at radius 1 is 1.25 bits per heavy atom. The number of furan rings is 1. The zero-order valence-electron chi connectivity index (χ0n) is 14.6. The number of carbonyl (C=O) groups excluding carboxylic acids is 2. The standard InChI is InChI=1S/C19H16F3N3O3/c20-19(21,22)14-1-2-16(24-10-14)15(9-23)17(26)12-3-6-25(7-4-12)18(27)13-5-8-28-11-13/h1-2,5,8,10-12,15H,3-4,6-7H2. The summed E-state index contributed by atoms with van der Waals surface area (Å²) in [7, 11) is 0. The van der Waals surface area contributed by atoms with E-state index < -0.39 is 23.6 Å². The normalized spacial score (nSPS) is 16.4. The van der Waals surface area contributed by atoms with E-state index in [0.29, 0.717) is 37.7 Å². The van der Waals surface area contributed by atoms with E-state index in [2.05, 4.69) is 4.98 Å². The molecular weight excluding hydrogens is 375 g/mol.